The maximum Gasteiger partial charge on any atom is 0.226 e. The van der Waals surface area contributed by atoms with Gasteiger partial charge >= 0.3 is 0 Å². The molecule has 1 amide bonds. The molecule has 0 saturated heterocycles. The zero-order chi connectivity index (χ0) is 16.8. The average molecular weight is 316 g/mol. The maximum absolute atomic E-state index is 14.0. The van der Waals surface area contributed by atoms with Crippen molar-refractivity contribution < 1.29 is 9.18 Å². The third-order valence-corrected chi connectivity index (χ3v) is 3.40. The van der Waals surface area contributed by atoms with E-state index in [0.717, 1.165) is 11.3 Å². The molecular weight excluding hydrogens is 295 g/mol. The van der Waals surface area contributed by atoms with E-state index in [1.807, 2.05) is 45.0 Å². The molecule has 1 heterocycles. The van der Waals surface area contributed by atoms with Gasteiger partial charge in [0.15, 0.2) is 11.6 Å². The quantitative estimate of drug-likeness (QED) is 0.857. The number of hydrogen-bond donors (Lipinski definition) is 2. The molecule has 0 radical (unpaired) electrons. The van der Waals surface area contributed by atoms with Gasteiger partial charge in [-0.25, -0.2) is 14.4 Å². The Bertz CT molecular complexity index is 671. The number of aryl methyl sites for hydroxylation is 1. The maximum atomic E-state index is 14.0. The lowest BCUT2D eigenvalue weighted by molar-refractivity contribution is -0.118. The lowest BCUT2D eigenvalue weighted by atomic mass is 10.1. The molecule has 2 rings (SSSR count). The first kappa shape index (κ1) is 16.9. The molecule has 0 aliphatic rings. The third-order valence-electron chi connectivity index (χ3n) is 3.40. The largest absolute Gasteiger partial charge is 0.363 e. The van der Waals surface area contributed by atoms with Gasteiger partial charge in [0.05, 0.1) is 5.69 Å². The molecule has 122 valence electrons. The second-order valence-corrected chi connectivity index (χ2v) is 5.53. The van der Waals surface area contributed by atoms with E-state index in [1.54, 1.807) is 0 Å². The Balaban J connectivity index is 1.98. The number of carbonyl (C=O) groups is 1. The molecule has 1 aromatic heterocycles. The molecular formula is C17H21FN4O. The first-order valence-electron chi connectivity index (χ1n) is 7.64. The summed E-state index contributed by atoms with van der Waals surface area (Å²) in [6, 6.07) is 7.40. The Labute approximate surface area is 135 Å². The smallest absolute Gasteiger partial charge is 0.226 e. The number of anilines is 2. The van der Waals surface area contributed by atoms with Crippen molar-refractivity contribution in [3.05, 3.63) is 47.7 Å². The minimum Gasteiger partial charge on any atom is -0.363 e. The highest BCUT2D eigenvalue weighted by molar-refractivity contribution is 5.92. The predicted octanol–water partition coefficient (Wildman–Crippen LogP) is 3.38. The zero-order valence-electron chi connectivity index (χ0n) is 13.6. The van der Waals surface area contributed by atoms with Gasteiger partial charge in [0.2, 0.25) is 5.91 Å². The number of rotatable bonds is 6. The fraction of sp³-hybridized carbons (Fsp3) is 0.353. The van der Waals surface area contributed by atoms with E-state index in [9.17, 15) is 9.18 Å². The Hall–Kier alpha value is -2.50. The van der Waals surface area contributed by atoms with Crippen LogP contribution in [-0.4, -0.2) is 15.9 Å². The van der Waals surface area contributed by atoms with Crippen molar-refractivity contribution in [1.82, 2.24) is 9.97 Å². The van der Waals surface area contributed by atoms with E-state index in [1.165, 1.54) is 6.33 Å². The van der Waals surface area contributed by atoms with Crippen LogP contribution >= 0.6 is 0 Å². The number of hydrogen-bond acceptors (Lipinski definition) is 4. The summed E-state index contributed by atoms with van der Waals surface area (Å²) >= 11 is 0. The molecule has 5 nitrogen and oxygen atoms in total. The van der Waals surface area contributed by atoms with Gasteiger partial charge in [0, 0.05) is 18.2 Å². The number of aromatic nitrogens is 2. The van der Waals surface area contributed by atoms with Gasteiger partial charge in [-0.2, -0.15) is 0 Å². The summed E-state index contributed by atoms with van der Waals surface area (Å²) < 4.78 is 14.0. The Morgan fingerprint density at radius 2 is 1.91 bits per heavy atom. The van der Waals surface area contributed by atoms with Crippen molar-refractivity contribution >= 4 is 17.4 Å². The summed E-state index contributed by atoms with van der Waals surface area (Å²) in [6.07, 6.45) is 1.88. The molecule has 23 heavy (non-hydrogen) atoms. The Morgan fingerprint density at radius 1 is 1.22 bits per heavy atom. The van der Waals surface area contributed by atoms with Gasteiger partial charge in [0.1, 0.15) is 6.33 Å². The zero-order valence-corrected chi connectivity index (χ0v) is 13.6. The van der Waals surface area contributed by atoms with Crippen molar-refractivity contribution in [3.63, 3.8) is 0 Å². The molecule has 2 N–H and O–H groups in total. The highest BCUT2D eigenvalue weighted by Gasteiger charge is 2.09. The van der Waals surface area contributed by atoms with Crippen molar-refractivity contribution in [2.75, 3.05) is 10.6 Å². The van der Waals surface area contributed by atoms with E-state index in [4.69, 9.17) is 0 Å². The summed E-state index contributed by atoms with van der Waals surface area (Å²) in [4.78, 5) is 19.4. The topological polar surface area (TPSA) is 66.9 Å². The molecule has 6 heteroatoms. The monoisotopic (exact) mass is 316 g/mol. The fourth-order valence-electron chi connectivity index (χ4n) is 1.95. The minimum absolute atomic E-state index is 0.0222. The summed E-state index contributed by atoms with van der Waals surface area (Å²) in [6.45, 7) is 5.97. The molecule has 0 bridgehead atoms. The lowest BCUT2D eigenvalue weighted by Crippen LogP contribution is -2.17. The van der Waals surface area contributed by atoms with E-state index >= 15 is 0 Å². The number of halogens is 1. The molecule has 1 aromatic carbocycles. The average Bonchev–Trinajstić information content (AvgIpc) is 2.55. The Morgan fingerprint density at radius 3 is 2.52 bits per heavy atom. The van der Waals surface area contributed by atoms with Crippen LogP contribution < -0.4 is 10.6 Å². The van der Waals surface area contributed by atoms with Crippen molar-refractivity contribution in [2.45, 2.75) is 33.7 Å². The molecule has 0 spiro atoms. The van der Waals surface area contributed by atoms with Crippen LogP contribution in [0.25, 0.3) is 0 Å². The SMILES string of the molecule is CCc1ncnc(NCc2ccc(NC(=O)C(C)C)cc2)c1F. The van der Waals surface area contributed by atoms with Crippen LogP contribution in [-0.2, 0) is 17.8 Å². The van der Waals surface area contributed by atoms with Crippen LogP contribution in [0.1, 0.15) is 32.0 Å². The first-order valence-corrected chi connectivity index (χ1v) is 7.64. The standard InChI is InChI=1S/C17H21FN4O/c1-4-14-15(18)16(21-10-20-14)19-9-12-5-7-13(8-6-12)22-17(23)11(2)3/h5-8,10-11H,4,9H2,1-3H3,(H,22,23)(H,19,20,21). The Kier molecular flexibility index (Phi) is 5.62. The molecule has 0 aliphatic carbocycles. The van der Waals surface area contributed by atoms with Gasteiger partial charge in [-0.3, -0.25) is 4.79 Å². The molecule has 0 atom stereocenters. The normalized spacial score (nSPS) is 10.7. The van der Waals surface area contributed by atoms with Gasteiger partial charge in [-0.15, -0.1) is 0 Å². The summed E-state index contributed by atoms with van der Waals surface area (Å²) in [7, 11) is 0. The highest BCUT2D eigenvalue weighted by atomic mass is 19.1. The highest BCUT2D eigenvalue weighted by Crippen LogP contribution is 2.16. The third kappa shape index (κ3) is 4.48. The van der Waals surface area contributed by atoms with Gasteiger partial charge in [-0.1, -0.05) is 32.9 Å². The second kappa shape index (κ2) is 7.67. The second-order valence-electron chi connectivity index (χ2n) is 5.53. The van der Waals surface area contributed by atoms with Crippen LogP contribution in [0.4, 0.5) is 15.9 Å². The number of carbonyl (C=O) groups excluding carboxylic acids is 1. The lowest BCUT2D eigenvalue weighted by Gasteiger charge is -2.10. The van der Waals surface area contributed by atoms with E-state index in [-0.39, 0.29) is 17.6 Å². The van der Waals surface area contributed by atoms with Crippen LogP contribution in [0.2, 0.25) is 0 Å². The summed E-state index contributed by atoms with van der Waals surface area (Å²) in [5, 5.41) is 5.80. The number of nitrogens with one attached hydrogen (secondary N) is 2. The van der Waals surface area contributed by atoms with Gasteiger partial charge < -0.3 is 10.6 Å². The number of benzene rings is 1. The first-order chi connectivity index (χ1) is 11.0. The van der Waals surface area contributed by atoms with Crippen molar-refractivity contribution in [2.24, 2.45) is 5.92 Å². The minimum atomic E-state index is -0.407. The summed E-state index contributed by atoms with van der Waals surface area (Å²) in [5.74, 6) is -0.291. The van der Waals surface area contributed by atoms with Crippen LogP contribution in [0.5, 0.6) is 0 Å². The molecule has 0 saturated carbocycles. The molecule has 2 aromatic rings. The van der Waals surface area contributed by atoms with Crippen molar-refractivity contribution in [1.29, 1.82) is 0 Å². The van der Waals surface area contributed by atoms with Gasteiger partial charge in [-0.05, 0) is 24.1 Å². The van der Waals surface area contributed by atoms with Gasteiger partial charge in [0.25, 0.3) is 0 Å². The fourth-order valence-corrected chi connectivity index (χ4v) is 1.95. The predicted molar refractivity (Wildman–Crippen MR) is 88.6 cm³/mol. The van der Waals surface area contributed by atoms with Crippen LogP contribution in [0.3, 0.4) is 0 Å². The summed E-state index contributed by atoms with van der Waals surface area (Å²) in [5.41, 5.74) is 2.10. The van der Waals surface area contributed by atoms with E-state index < -0.39 is 5.82 Å². The molecule has 0 aliphatic heterocycles. The molecule has 0 unspecified atom stereocenters. The van der Waals surface area contributed by atoms with Crippen molar-refractivity contribution in [3.8, 4) is 0 Å². The van der Waals surface area contributed by atoms with E-state index in [0.29, 0.717) is 18.7 Å². The number of amides is 1. The van der Waals surface area contributed by atoms with Crippen LogP contribution in [0, 0.1) is 11.7 Å². The number of nitrogens with zero attached hydrogens (tertiary/aromatic N) is 2. The van der Waals surface area contributed by atoms with E-state index in [2.05, 4.69) is 20.6 Å². The molecule has 0 fully saturated rings. The van der Waals surface area contributed by atoms with Crippen LogP contribution in [0.15, 0.2) is 30.6 Å².